The van der Waals surface area contributed by atoms with Crippen LogP contribution >= 0.6 is 0 Å². The van der Waals surface area contributed by atoms with Gasteiger partial charge in [0, 0.05) is 18.8 Å². The minimum absolute atomic E-state index is 0.0317. The summed E-state index contributed by atoms with van der Waals surface area (Å²) < 4.78 is 19.5. The highest BCUT2D eigenvalue weighted by Crippen LogP contribution is 2.36. The molecule has 6 nitrogen and oxygen atoms in total. The Balaban J connectivity index is 1.68. The average molecular weight is 394 g/mol. The largest absolute Gasteiger partial charge is 0.356 e. The highest BCUT2D eigenvalue weighted by Gasteiger charge is 2.32. The molecule has 7 heteroatoms. The molecule has 1 amide bonds. The van der Waals surface area contributed by atoms with Crippen LogP contribution in [0.3, 0.4) is 0 Å². The van der Waals surface area contributed by atoms with Gasteiger partial charge >= 0.3 is 0 Å². The van der Waals surface area contributed by atoms with Crippen molar-refractivity contribution in [3.05, 3.63) is 65.1 Å². The van der Waals surface area contributed by atoms with Crippen molar-refractivity contribution in [2.75, 3.05) is 6.54 Å². The topological polar surface area (TPSA) is 72.1 Å². The molecule has 1 saturated heterocycles. The predicted octanol–water partition coefficient (Wildman–Crippen LogP) is 4.18. The van der Waals surface area contributed by atoms with Crippen LogP contribution in [0.2, 0.25) is 0 Å². The maximum atomic E-state index is 14.1. The van der Waals surface area contributed by atoms with Gasteiger partial charge in [-0.15, -0.1) is 0 Å². The minimum atomic E-state index is -0.356. The number of halogens is 1. The maximum absolute atomic E-state index is 14.1. The van der Waals surface area contributed by atoms with Gasteiger partial charge in [-0.25, -0.2) is 14.4 Å². The van der Waals surface area contributed by atoms with E-state index in [2.05, 4.69) is 15.1 Å². The summed E-state index contributed by atoms with van der Waals surface area (Å²) in [4.78, 5) is 23.9. The van der Waals surface area contributed by atoms with Gasteiger partial charge in [0.1, 0.15) is 11.6 Å². The summed E-state index contributed by atoms with van der Waals surface area (Å²) in [6.45, 7) is 4.30. The van der Waals surface area contributed by atoms with Crippen molar-refractivity contribution in [1.29, 1.82) is 0 Å². The van der Waals surface area contributed by atoms with Gasteiger partial charge in [-0.1, -0.05) is 23.4 Å². The summed E-state index contributed by atoms with van der Waals surface area (Å²) in [5, 5.41) is 3.97. The van der Waals surface area contributed by atoms with Crippen molar-refractivity contribution < 1.29 is 13.7 Å². The van der Waals surface area contributed by atoms with Crippen LogP contribution in [0.4, 0.5) is 4.39 Å². The van der Waals surface area contributed by atoms with Crippen LogP contribution in [0.15, 0.2) is 41.1 Å². The van der Waals surface area contributed by atoms with E-state index < -0.39 is 0 Å². The molecule has 1 aliphatic heterocycles. The number of aryl methyl sites for hydroxylation is 2. The first kappa shape index (κ1) is 19.2. The number of amides is 1. The van der Waals surface area contributed by atoms with Gasteiger partial charge in [-0.3, -0.25) is 4.79 Å². The summed E-state index contributed by atoms with van der Waals surface area (Å²) >= 11 is 0. The molecule has 1 fully saturated rings. The first-order chi connectivity index (χ1) is 14.0. The second-order valence-corrected chi connectivity index (χ2v) is 7.42. The van der Waals surface area contributed by atoms with Crippen LogP contribution in [-0.2, 0) is 11.2 Å². The van der Waals surface area contributed by atoms with E-state index in [9.17, 15) is 9.18 Å². The van der Waals surface area contributed by atoms with E-state index >= 15 is 0 Å². The zero-order chi connectivity index (χ0) is 20.4. The van der Waals surface area contributed by atoms with Crippen molar-refractivity contribution in [2.45, 2.75) is 45.6 Å². The molecule has 0 saturated carbocycles. The van der Waals surface area contributed by atoms with Crippen molar-refractivity contribution in [3.63, 3.8) is 0 Å². The molecular formula is C22H23FN4O2. The molecule has 1 aliphatic rings. The monoisotopic (exact) mass is 394 g/mol. The maximum Gasteiger partial charge on any atom is 0.227 e. The number of likely N-dealkylation sites (tertiary alicyclic amines) is 1. The normalized spacial score (nSPS) is 16.8. The van der Waals surface area contributed by atoms with Crippen molar-refractivity contribution in [3.8, 4) is 11.3 Å². The number of piperidine rings is 1. The van der Waals surface area contributed by atoms with Crippen molar-refractivity contribution in [1.82, 2.24) is 20.0 Å². The zero-order valence-corrected chi connectivity index (χ0v) is 16.6. The SMILES string of the molecule is Cc1cc(-c2cnc(C)nc2[C@H]2CCCCN2C(=O)Cc2ccccc2F)on1. The number of hydrogen-bond donors (Lipinski definition) is 0. The highest BCUT2D eigenvalue weighted by molar-refractivity contribution is 5.79. The third kappa shape index (κ3) is 4.04. The van der Waals surface area contributed by atoms with Crippen LogP contribution in [0.25, 0.3) is 11.3 Å². The molecule has 1 atom stereocenters. The van der Waals surface area contributed by atoms with Gasteiger partial charge in [0.15, 0.2) is 5.76 Å². The van der Waals surface area contributed by atoms with Crippen LogP contribution in [0, 0.1) is 19.7 Å². The van der Waals surface area contributed by atoms with E-state index in [-0.39, 0.29) is 24.2 Å². The molecule has 3 heterocycles. The lowest BCUT2D eigenvalue weighted by Crippen LogP contribution is -2.40. The molecular weight excluding hydrogens is 371 g/mol. The van der Waals surface area contributed by atoms with E-state index in [1.54, 1.807) is 24.4 Å². The molecule has 1 aromatic carbocycles. The zero-order valence-electron chi connectivity index (χ0n) is 16.6. The number of carbonyl (C=O) groups is 1. The first-order valence-electron chi connectivity index (χ1n) is 9.83. The molecule has 0 bridgehead atoms. The predicted molar refractivity (Wildman–Crippen MR) is 105 cm³/mol. The third-order valence-corrected chi connectivity index (χ3v) is 5.27. The van der Waals surface area contributed by atoms with Gasteiger partial charge in [0.2, 0.25) is 5.91 Å². The molecule has 0 radical (unpaired) electrons. The Kier molecular flexibility index (Phi) is 5.38. The number of aromatic nitrogens is 3. The van der Waals surface area contributed by atoms with Crippen molar-refractivity contribution in [2.24, 2.45) is 0 Å². The Morgan fingerprint density at radius 3 is 2.86 bits per heavy atom. The molecule has 0 spiro atoms. The van der Waals surface area contributed by atoms with Crippen LogP contribution in [0.1, 0.15) is 48.1 Å². The van der Waals surface area contributed by atoms with E-state index in [4.69, 9.17) is 4.52 Å². The first-order valence-corrected chi connectivity index (χ1v) is 9.83. The average Bonchev–Trinajstić information content (AvgIpc) is 3.15. The number of rotatable bonds is 4. The Labute approximate surface area is 168 Å². The standard InChI is InChI=1S/C22H23FN4O2/c1-14-11-20(29-26-14)17-13-24-15(2)25-22(17)19-9-5-6-10-27(19)21(28)12-16-7-3-4-8-18(16)23/h3-4,7-8,11,13,19H,5-6,9-10,12H2,1-2H3/t19-/m1/s1. The number of benzene rings is 1. The fourth-order valence-corrected chi connectivity index (χ4v) is 3.84. The summed E-state index contributed by atoms with van der Waals surface area (Å²) in [6, 6.07) is 8.05. The molecule has 0 aliphatic carbocycles. The fraction of sp³-hybridized carbons (Fsp3) is 0.364. The van der Waals surface area contributed by atoms with Gasteiger partial charge in [-0.2, -0.15) is 0 Å². The third-order valence-electron chi connectivity index (χ3n) is 5.27. The lowest BCUT2D eigenvalue weighted by Gasteiger charge is -2.36. The lowest BCUT2D eigenvalue weighted by atomic mass is 9.94. The smallest absolute Gasteiger partial charge is 0.227 e. The molecule has 0 unspecified atom stereocenters. The van der Waals surface area contributed by atoms with Gasteiger partial charge in [0.25, 0.3) is 0 Å². The molecule has 0 N–H and O–H groups in total. The number of nitrogens with zero attached hydrogens (tertiary/aromatic N) is 4. The Morgan fingerprint density at radius 2 is 2.10 bits per heavy atom. The molecule has 3 aromatic rings. The van der Waals surface area contributed by atoms with E-state index in [1.807, 2.05) is 24.8 Å². The van der Waals surface area contributed by atoms with Crippen LogP contribution in [-0.4, -0.2) is 32.5 Å². The van der Waals surface area contributed by atoms with Gasteiger partial charge in [0.05, 0.1) is 29.4 Å². The number of hydrogen-bond acceptors (Lipinski definition) is 5. The second kappa shape index (κ2) is 8.11. The molecule has 150 valence electrons. The summed E-state index contributed by atoms with van der Waals surface area (Å²) in [5.41, 5.74) is 2.68. The summed E-state index contributed by atoms with van der Waals surface area (Å²) in [7, 11) is 0. The minimum Gasteiger partial charge on any atom is -0.356 e. The lowest BCUT2D eigenvalue weighted by molar-refractivity contribution is -0.134. The van der Waals surface area contributed by atoms with Crippen LogP contribution < -0.4 is 0 Å². The summed E-state index contributed by atoms with van der Waals surface area (Å²) in [6.07, 6.45) is 4.46. The van der Waals surface area contributed by atoms with E-state index in [0.29, 0.717) is 23.7 Å². The van der Waals surface area contributed by atoms with E-state index in [1.165, 1.54) is 6.07 Å². The van der Waals surface area contributed by atoms with E-state index in [0.717, 1.165) is 36.2 Å². The summed E-state index contributed by atoms with van der Waals surface area (Å²) in [5.74, 6) is 0.762. The second-order valence-electron chi connectivity index (χ2n) is 7.42. The molecule has 2 aromatic heterocycles. The van der Waals surface area contributed by atoms with Gasteiger partial charge < -0.3 is 9.42 Å². The molecule has 4 rings (SSSR count). The highest BCUT2D eigenvalue weighted by atomic mass is 19.1. The Hall–Kier alpha value is -3.09. The van der Waals surface area contributed by atoms with Gasteiger partial charge in [-0.05, 0) is 44.7 Å². The van der Waals surface area contributed by atoms with Crippen LogP contribution in [0.5, 0.6) is 0 Å². The fourth-order valence-electron chi connectivity index (χ4n) is 3.84. The number of carbonyl (C=O) groups excluding carboxylic acids is 1. The Morgan fingerprint density at radius 1 is 1.28 bits per heavy atom. The molecule has 29 heavy (non-hydrogen) atoms. The Bertz CT molecular complexity index is 1030. The quantitative estimate of drug-likeness (QED) is 0.664. The van der Waals surface area contributed by atoms with Crippen molar-refractivity contribution >= 4 is 5.91 Å².